The first kappa shape index (κ1) is 17.5. The Morgan fingerprint density at radius 1 is 1.26 bits per heavy atom. The Balaban J connectivity index is 1.73. The highest BCUT2D eigenvalue weighted by Crippen LogP contribution is 2.17. The van der Waals surface area contributed by atoms with Gasteiger partial charge in [-0.3, -0.25) is 4.99 Å². The zero-order valence-corrected chi connectivity index (χ0v) is 14.1. The maximum Gasteiger partial charge on any atom is 0.191 e. The van der Waals surface area contributed by atoms with E-state index < -0.39 is 0 Å². The lowest BCUT2D eigenvalue weighted by molar-refractivity contribution is 0.232. The lowest BCUT2D eigenvalue weighted by Crippen LogP contribution is -2.42. The molecule has 128 valence electrons. The summed E-state index contributed by atoms with van der Waals surface area (Å²) < 4.78 is 18.6. The second-order valence-electron chi connectivity index (χ2n) is 5.72. The van der Waals surface area contributed by atoms with Crippen LogP contribution in [0.3, 0.4) is 0 Å². The Hall–Kier alpha value is -1.82. The number of guanidine groups is 1. The fourth-order valence-corrected chi connectivity index (χ4v) is 2.74. The number of likely N-dealkylation sites (tertiary alicyclic amines) is 1. The predicted octanol–water partition coefficient (Wildman–Crippen LogP) is 1.99. The lowest BCUT2D eigenvalue weighted by atomic mass is 10.1. The lowest BCUT2D eigenvalue weighted by Gasteiger charge is -2.26. The van der Waals surface area contributed by atoms with Crippen molar-refractivity contribution >= 4 is 5.96 Å². The van der Waals surface area contributed by atoms with Gasteiger partial charge in [0.2, 0.25) is 0 Å². The molecule has 0 atom stereocenters. The van der Waals surface area contributed by atoms with E-state index in [9.17, 15) is 4.39 Å². The van der Waals surface area contributed by atoms with Crippen LogP contribution in [0.1, 0.15) is 24.8 Å². The highest BCUT2D eigenvalue weighted by atomic mass is 19.1. The number of nitrogens with one attached hydrogen (secondary N) is 2. The summed E-state index contributed by atoms with van der Waals surface area (Å²) in [4.78, 5) is 6.67. The summed E-state index contributed by atoms with van der Waals surface area (Å²) in [5.41, 5.74) is 0.849. The maximum absolute atomic E-state index is 13.7. The van der Waals surface area contributed by atoms with Gasteiger partial charge in [-0.1, -0.05) is 12.5 Å². The number of halogens is 1. The molecule has 0 aliphatic carbocycles. The van der Waals surface area contributed by atoms with Crippen LogP contribution in [0, 0.1) is 5.82 Å². The molecule has 1 aromatic rings. The first-order chi connectivity index (χ1) is 11.2. The van der Waals surface area contributed by atoms with Gasteiger partial charge < -0.3 is 20.3 Å². The zero-order valence-electron chi connectivity index (χ0n) is 14.1. The number of ether oxygens (including phenoxy) is 1. The monoisotopic (exact) mass is 322 g/mol. The summed E-state index contributed by atoms with van der Waals surface area (Å²) in [7, 11) is 3.20. The molecule has 0 amide bonds. The van der Waals surface area contributed by atoms with Gasteiger partial charge in [-0.05, 0) is 43.6 Å². The van der Waals surface area contributed by atoms with Gasteiger partial charge in [0.15, 0.2) is 17.5 Å². The Kier molecular flexibility index (Phi) is 7.13. The van der Waals surface area contributed by atoms with E-state index >= 15 is 0 Å². The molecule has 0 aromatic heterocycles. The quantitative estimate of drug-likeness (QED) is 0.621. The zero-order chi connectivity index (χ0) is 16.5. The summed E-state index contributed by atoms with van der Waals surface area (Å²) in [6.45, 7) is 4.79. The highest BCUT2D eigenvalue weighted by molar-refractivity contribution is 5.79. The summed E-state index contributed by atoms with van der Waals surface area (Å²) in [6.07, 6.45) is 3.96. The van der Waals surface area contributed by atoms with Crippen LogP contribution in [0.15, 0.2) is 23.2 Å². The van der Waals surface area contributed by atoms with E-state index in [1.54, 1.807) is 13.1 Å². The minimum absolute atomic E-state index is 0.262. The van der Waals surface area contributed by atoms with Crippen LogP contribution in [0.5, 0.6) is 5.75 Å². The number of nitrogens with zero attached hydrogens (tertiary/aromatic N) is 2. The smallest absolute Gasteiger partial charge is 0.191 e. The summed E-state index contributed by atoms with van der Waals surface area (Å²) in [5.74, 6) is 0.649. The van der Waals surface area contributed by atoms with E-state index in [0.29, 0.717) is 6.54 Å². The van der Waals surface area contributed by atoms with Gasteiger partial charge in [-0.2, -0.15) is 0 Å². The highest BCUT2D eigenvalue weighted by Gasteiger charge is 2.09. The van der Waals surface area contributed by atoms with Gasteiger partial charge in [-0.15, -0.1) is 0 Å². The molecule has 0 saturated carbocycles. The van der Waals surface area contributed by atoms with Crippen LogP contribution in [-0.2, 0) is 6.54 Å². The van der Waals surface area contributed by atoms with Crippen molar-refractivity contribution in [2.75, 3.05) is 40.3 Å². The van der Waals surface area contributed by atoms with E-state index in [1.165, 1.54) is 45.5 Å². The third-order valence-corrected chi connectivity index (χ3v) is 4.07. The molecule has 5 nitrogen and oxygen atoms in total. The van der Waals surface area contributed by atoms with Crippen molar-refractivity contribution in [2.24, 2.45) is 4.99 Å². The molecule has 2 N–H and O–H groups in total. The number of piperidine rings is 1. The van der Waals surface area contributed by atoms with Crippen molar-refractivity contribution in [2.45, 2.75) is 25.8 Å². The minimum Gasteiger partial charge on any atom is -0.494 e. The van der Waals surface area contributed by atoms with Crippen molar-refractivity contribution in [1.29, 1.82) is 0 Å². The van der Waals surface area contributed by atoms with Crippen molar-refractivity contribution in [1.82, 2.24) is 15.5 Å². The molecule has 2 rings (SSSR count). The molecule has 1 fully saturated rings. The summed E-state index contributed by atoms with van der Waals surface area (Å²) in [5, 5.41) is 6.50. The molecule has 0 unspecified atom stereocenters. The van der Waals surface area contributed by atoms with Crippen molar-refractivity contribution in [3.8, 4) is 5.75 Å². The van der Waals surface area contributed by atoms with Gasteiger partial charge in [-0.25, -0.2) is 4.39 Å². The summed E-state index contributed by atoms with van der Waals surface area (Å²) in [6, 6.07) is 4.96. The number of aliphatic imine (C=N–C) groups is 1. The topological polar surface area (TPSA) is 48.9 Å². The molecular formula is C17H27FN4O. The molecule has 1 aromatic carbocycles. The number of hydrogen-bond donors (Lipinski definition) is 2. The third kappa shape index (κ3) is 5.71. The summed E-state index contributed by atoms with van der Waals surface area (Å²) >= 11 is 0. The Morgan fingerprint density at radius 3 is 2.70 bits per heavy atom. The van der Waals surface area contributed by atoms with Crippen LogP contribution < -0.4 is 15.4 Å². The van der Waals surface area contributed by atoms with E-state index in [-0.39, 0.29) is 11.6 Å². The fraction of sp³-hybridized carbons (Fsp3) is 0.588. The number of methoxy groups -OCH3 is 1. The Morgan fingerprint density at radius 2 is 2.04 bits per heavy atom. The molecule has 0 bridgehead atoms. The van der Waals surface area contributed by atoms with E-state index in [0.717, 1.165) is 24.6 Å². The van der Waals surface area contributed by atoms with Gasteiger partial charge in [0.05, 0.1) is 7.11 Å². The van der Waals surface area contributed by atoms with Crippen LogP contribution in [-0.4, -0.2) is 51.2 Å². The van der Waals surface area contributed by atoms with E-state index in [1.807, 2.05) is 6.07 Å². The largest absolute Gasteiger partial charge is 0.494 e. The molecule has 1 saturated heterocycles. The minimum atomic E-state index is -0.347. The average molecular weight is 322 g/mol. The first-order valence-corrected chi connectivity index (χ1v) is 8.22. The van der Waals surface area contributed by atoms with E-state index in [2.05, 4.69) is 20.5 Å². The number of rotatable bonds is 6. The fourth-order valence-electron chi connectivity index (χ4n) is 2.74. The van der Waals surface area contributed by atoms with Crippen molar-refractivity contribution in [3.63, 3.8) is 0 Å². The standard InChI is InChI=1S/C17H27FN4O/c1-19-17(20-8-11-22-9-4-3-5-10-22)21-13-14-6-7-16(23-2)15(18)12-14/h6-7,12H,3-5,8-11,13H2,1-2H3,(H2,19,20,21). The van der Waals surface area contributed by atoms with Gasteiger partial charge in [0.25, 0.3) is 0 Å². The van der Waals surface area contributed by atoms with Crippen LogP contribution in [0.4, 0.5) is 4.39 Å². The Bertz CT molecular complexity index is 515. The molecule has 1 aliphatic rings. The number of hydrogen-bond acceptors (Lipinski definition) is 3. The van der Waals surface area contributed by atoms with Crippen molar-refractivity contribution in [3.05, 3.63) is 29.6 Å². The molecule has 1 aliphatic heterocycles. The Labute approximate surface area is 137 Å². The van der Waals surface area contributed by atoms with Crippen LogP contribution in [0.2, 0.25) is 0 Å². The second-order valence-corrected chi connectivity index (χ2v) is 5.72. The van der Waals surface area contributed by atoms with Gasteiger partial charge >= 0.3 is 0 Å². The van der Waals surface area contributed by atoms with Crippen molar-refractivity contribution < 1.29 is 9.13 Å². The SMILES string of the molecule is CN=C(NCCN1CCCCC1)NCc1ccc(OC)c(F)c1. The molecule has 23 heavy (non-hydrogen) atoms. The van der Waals surface area contributed by atoms with Gasteiger partial charge in [0.1, 0.15) is 0 Å². The maximum atomic E-state index is 13.7. The molecular weight excluding hydrogens is 295 g/mol. The first-order valence-electron chi connectivity index (χ1n) is 8.22. The molecule has 6 heteroatoms. The van der Waals surface area contributed by atoms with Crippen LogP contribution >= 0.6 is 0 Å². The second kappa shape index (κ2) is 9.35. The average Bonchev–Trinajstić information content (AvgIpc) is 2.59. The molecule has 0 spiro atoms. The van der Waals surface area contributed by atoms with E-state index in [4.69, 9.17) is 4.74 Å². The normalized spacial score (nSPS) is 16.2. The van der Waals surface area contributed by atoms with Gasteiger partial charge in [0, 0.05) is 26.7 Å². The molecule has 0 radical (unpaired) electrons. The predicted molar refractivity (Wildman–Crippen MR) is 91.4 cm³/mol. The molecule has 1 heterocycles. The van der Waals surface area contributed by atoms with Crippen LogP contribution in [0.25, 0.3) is 0 Å². The number of benzene rings is 1. The third-order valence-electron chi connectivity index (χ3n) is 4.07.